The Kier molecular flexibility index (Phi) is 6.46. The number of H-pyrrole nitrogens is 1. The van der Waals surface area contributed by atoms with Gasteiger partial charge < -0.3 is 25.0 Å². The Morgan fingerprint density at radius 2 is 2.22 bits per heavy atom. The normalized spacial score (nSPS) is 16.6. The largest absolute Gasteiger partial charge is 0.395 e. The van der Waals surface area contributed by atoms with Gasteiger partial charge in [-0.1, -0.05) is 6.07 Å². The van der Waals surface area contributed by atoms with Gasteiger partial charge in [-0.15, -0.1) is 0 Å². The number of nitrogens with one attached hydrogen (secondary N) is 2. The quantitative estimate of drug-likeness (QED) is 0.656. The minimum absolute atomic E-state index is 0.0363. The Morgan fingerprint density at radius 1 is 1.41 bits per heavy atom. The second-order valence-corrected chi connectivity index (χ2v) is 7.52. The van der Waals surface area contributed by atoms with E-state index >= 15 is 0 Å². The van der Waals surface area contributed by atoms with Crippen LogP contribution in [0.1, 0.15) is 29.5 Å². The van der Waals surface area contributed by atoms with Crippen molar-refractivity contribution in [3.8, 4) is 0 Å². The number of benzene rings is 1. The van der Waals surface area contributed by atoms with Gasteiger partial charge in [-0.25, -0.2) is 0 Å². The number of nitrogens with zero attached hydrogens (tertiary/aromatic N) is 1. The second kappa shape index (κ2) is 8.82. The van der Waals surface area contributed by atoms with Crippen molar-refractivity contribution < 1.29 is 9.84 Å². The van der Waals surface area contributed by atoms with Gasteiger partial charge in [0.2, 0.25) is 0 Å². The molecule has 1 aromatic carbocycles. The summed E-state index contributed by atoms with van der Waals surface area (Å²) in [5, 5.41) is 14.2. The van der Waals surface area contributed by atoms with Crippen LogP contribution >= 0.6 is 12.2 Å². The van der Waals surface area contributed by atoms with Crippen molar-refractivity contribution in [3.05, 3.63) is 45.2 Å². The van der Waals surface area contributed by atoms with Crippen LogP contribution in [0.2, 0.25) is 0 Å². The minimum Gasteiger partial charge on any atom is -0.395 e. The van der Waals surface area contributed by atoms with E-state index < -0.39 is 0 Å². The molecule has 0 radical (unpaired) electrons. The minimum atomic E-state index is -0.127. The molecular weight excluding hydrogens is 362 g/mol. The van der Waals surface area contributed by atoms with Crippen molar-refractivity contribution in [2.45, 2.75) is 39.3 Å². The molecule has 1 saturated heterocycles. The Labute approximate surface area is 164 Å². The van der Waals surface area contributed by atoms with Gasteiger partial charge in [0.25, 0.3) is 5.56 Å². The highest BCUT2D eigenvalue weighted by Gasteiger charge is 2.18. The maximum atomic E-state index is 12.6. The van der Waals surface area contributed by atoms with Crippen LogP contribution in [0.4, 0.5) is 0 Å². The number of aliphatic hydroxyl groups excluding tert-OH is 1. The molecule has 1 aliphatic heterocycles. The molecule has 1 atom stereocenters. The number of aryl methyl sites for hydroxylation is 2. The Balaban J connectivity index is 1.77. The molecule has 1 aliphatic rings. The third-order valence-corrected chi connectivity index (χ3v) is 5.32. The molecule has 27 heavy (non-hydrogen) atoms. The number of thiocarbonyl (C=S) groups is 1. The van der Waals surface area contributed by atoms with E-state index in [1.54, 1.807) is 0 Å². The summed E-state index contributed by atoms with van der Waals surface area (Å²) in [6, 6.07) is 6.01. The van der Waals surface area contributed by atoms with Gasteiger partial charge in [-0.3, -0.25) is 4.79 Å². The van der Waals surface area contributed by atoms with Gasteiger partial charge in [-0.05, 0) is 62.2 Å². The molecule has 0 saturated carbocycles. The van der Waals surface area contributed by atoms with Crippen LogP contribution in [0, 0.1) is 13.8 Å². The van der Waals surface area contributed by atoms with E-state index in [2.05, 4.69) is 16.4 Å². The van der Waals surface area contributed by atoms with Crippen LogP contribution in [0.5, 0.6) is 0 Å². The monoisotopic (exact) mass is 389 g/mol. The summed E-state index contributed by atoms with van der Waals surface area (Å²) < 4.78 is 5.61. The van der Waals surface area contributed by atoms with Crippen LogP contribution in [0.25, 0.3) is 10.9 Å². The van der Waals surface area contributed by atoms with Crippen LogP contribution in [-0.4, -0.2) is 52.5 Å². The molecule has 6 nitrogen and oxygen atoms in total. The number of fused-ring (bicyclic) bond motifs is 1. The smallest absolute Gasteiger partial charge is 0.253 e. The first-order valence-electron chi connectivity index (χ1n) is 9.36. The average Bonchev–Trinajstić information content (AvgIpc) is 3.13. The van der Waals surface area contributed by atoms with E-state index in [9.17, 15) is 9.90 Å². The first kappa shape index (κ1) is 19.8. The first-order valence-corrected chi connectivity index (χ1v) is 9.77. The predicted molar refractivity (Wildman–Crippen MR) is 111 cm³/mol. The van der Waals surface area contributed by atoms with Gasteiger partial charge >= 0.3 is 0 Å². The van der Waals surface area contributed by atoms with Gasteiger partial charge in [0.05, 0.1) is 19.3 Å². The molecule has 1 aromatic heterocycles. The molecule has 7 heteroatoms. The van der Waals surface area contributed by atoms with E-state index in [0.29, 0.717) is 30.3 Å². The molecule has 0 amide bonds. The lowest BCUT2D eigenvalue weighted by molar-refractivity contribution is 0.113. The fourth-order valence-electron chi connectivity index (χ4n) is 3.53. The van der Waals surface area contributed by atoms with Gasteiger partial charge in [0.15, 0.2) is 5.11 Å². The van der Waals surface area contributed by atoms with Crippen molar-refractivity contribution >= 4 is 28.2 Å². The Bertz CT molecular complexity index is 875. The average molecular weight is 390 g/mol. The number of ether oxygens (including phenoxy) is 1. The summed E-state index contributed by atoms with van der Waals surface area (Å²) in [5.41, 5.74) is 3.58. The fraction of sp³-hybridized carbons (Fsp3) is 0.500. The molecule has 146 valence electrons. The summed E-state index contributed by atoms with van der Waals surface area (Å²) in [7, 11) is 0. The number of hydrogen-bond acceptors (Lipinski definition) is 4. The zero-order chi connectivity index (χ0) is 19.4. The highest BCUT2D eigenvalue weighted by molar-refractivity contribution is 7.80. The van der Waals surface area contributed by atoms with E-state index in [1.165, 1.54) is 0 Å². The highest BCUT2D eigenvalue weighted by Crippen LogP contribution is 2.19. The van der Waals surface area contributed by atoms with Gasteiger partial charge in [-0.2, -0.15) is 0 Å². The molecule has 2 heterocycles. The van der Waals surface area contributed by atoms with Gasteiger partial charge in [0, 0.05) is 36.2 Å². The summed E-state index contributed by atoms with van der Waals surface area (Å²) in [4.78, 5) is 17.4. The number of aromatic amines is 1. The lowest BCUT2D eigenvalue weighted by Crippen LogP contribution is -2.44. The second-order valence-electron chi connectivity index (χ2n) is 7.13. The van der Waals surface area contributed by atoms with Crippen LogP contribution < -0.4 is 10.9 Å². The fourth-order valence-corrected chi connectivity index (χ4v) is 3.77. The summed E-state index contributed by atoms with van der Waals surface area (Å²) in [6.45, 7) is 6.16. The predicted octanol–water partition coefficient (Wildman–Crippen LogP) is 1.99. The third kappa shape index (κ3) is 4.86. The molecule has 0 bridgehead atoms. The molecule has 3 rings (SSSR count). The van der Waals surface area contributed by atoms with E-state index in [4.69, 9.17) is 17.0 Å². The number of rotatable bonds is 6. The number of aliphatic hydroxyl groups is 1. The lowest BCUT2D eigenvalue weighted by Gasteiger charge is -2.26. The molecule has 1 fully saturated rings. The Morgan fingerprint density at radius 3 is 2.93 bits per heavy atom. The van der Waals surface area contributed by atoms with E-state index in [1.807, 2.05) is 30.9 Å². The topological polar surface area (TPSA) is 77.6 Å². The van der Waals surface area contributed by atoms with Crippen molar-refractivity contribution in [2.24, 2.45) is 0 Å². The summed E-state index contributed by atoms with van der Waals surface area (Å²) in [6.07, 6.45) is 2.28. The SMILES string of the molecule is Cc1cc(C)c2cc(CN(CCO)C(=S)NCC3CCCO3)c(=O)[nH]c2c1. The van der Waals surface area contributed by atoms with Crippen LogP contribution in [0.3, 0.4) is 0 Å². The molecule has 0 aliphatic carbocycles. The maximum Gasteiger partial charge on any atom is 0.253 e. The molecule has 1 unspecified atom stereocenters. The van der Waals surface area contributed by atoms with Crippen molar-refractivity contribution in [2.75, 3.05) is 26.3 Å². The number of pyridine rings is 1. The summed E-state index contributed by atoms with van der Waals surface area (Å²) in [5.74, 6) is 0. The zero-order valence-electron chi connectivity index (χ0n) is 15.9. The molecular formula is C20H27N3O3S. The Hall–Kier alpha value is -1.96. The standard InChI is InChI=1S/C20H27N3O3S/c1-13-8-14(2)17-10-15(19(25)22-18(17)9-13)12-23(5-6-24)20(27)21-11-16-4-3-7-26-16/h8-10,16,24H,3-7,11-12H2,1-2H3,(H,21,27)(H,22,25). The number of aromatic nitrogens is 1. The zero-order valence-corrected chi connectivity index (χ0v) is 16.7. The van der Waals surface area contributed by atoms with Crippen LogP contribution in [0.15, 0.2) is 23.0 Å². The van der Waals surface area contributed by atoms with Crippen molar-refractivity contribution in [3.63, 3.8) is 0 Å². The highest BCUT2D eigenvalue weighted by atomic mass is 32.1. The molecule has 3 N–H and O–H groups in total. The third-order valence-electron chi connectivity index (χ3n) is 4.91. The lowest BCUT2D eigenvalue weighted by atomic mass is 10.0. The van der Waals surface area contributed by atoms with Crippen molar-refractivity contribution in [1.82, 2.24) is 15.2 Å². The van der Waals surface area contributed by atoms with Crippen molar-refractivity contribution in [1.29, 1.82) is 0 Å². The van der Waals surface area contributed by atoms with E-state index in [-0.39, 0.29) is 18.3 Å². The molecule has 2 aromatic rings. The van der Waals surface area contributed by atoms with Crippen LogP contribution in [-0.2, 0) is 11.3 Å². The maximum absolute atomic E-state index is 12.6. The first-order chi connectivity index (χ1) is 13.0. The van der Waals surface area contributed by atoms with E-state index in [0.717, 1.165) is 41.5 Å². The van der Waals surface area contributed by atoms with Gasteiger partial charge in [0.1, 0.15) is 0 Å². The number of hydrogen-bond donors (Lipinski definition) is 3. The molecule has 0 spiro atoms. The summed E-state index contributed by atoms with van der Waals surface area (Å²) >= 11 is 5.49.